The molecule has 0 spiro atoms. The molecule has 96 valence electrons. The highest BCUT2D eigenvalue weighted by Gasteiger charge is 2.32. The molecule has 0 radical (unpaired) electrons. The van der Waals surface area contributed by atoms with Gasteiger partial charge >= 0.3 is 0 Å². The maximum Gasteiger partial charge on any atom is 0.0144 e. The van der Waals surface area contributed by atoms with Gasteiger partial charge in [-0.1, -0.05) is 34.6 Å². The van der Waals surface area contributed by atoms with Gasteiger partial charge in [0.15, 0.2) is 0 Å². The third kappa shape index (κ3) is 3.74. The second-order valence-electron chi connectivity index (χ2n) is 6.13. The predicted molar refractivity (Wildman–Crippen MR) is 71.8 cm³/mol. The van der Waals surface area contributed by atoms with Crippen LogP contribution in [-0.2, 0) is 0 Å². The molecule has 0 saturated carbocycles. The highest BCUT2D eigenvalue weighted by molar-refractivity contribution is 4.87. The van der Waals surface area contributed by atoms with Crippen molar-refractivity contribution >= 4 is 0 Å². The van der Waals surface area contributed by atoms with Crippen LogP contribution in [0.4, 0.5) is 0 Å². The summed E-state index contributed by atoms with van der Waals surface area (Å²) in [4.78, 5) is 2.68. The lowest BCUT2D eigenvalue weighted by Gasteiger charge is -2.38. The van der Waals surface area contributed by atoms with E-state index >= 15 is 0 Å². The summed E-state index contributed by atoms with van der Waals surface area (Å²) < 4.78 is 0. The molecule has 1 aliphatic rings. The summed E-state index contributed by atoms with van der Waals surface area (Å²) in [5.74, 6) is 0. The Morgan fingerprint density at radius 2 is 1.81 bits per heavy atom. The van der Waals surface area contributed by atoms with Crippen LogP contribution < -0.4 is 5.32 Å². The number of likely N-dealkylation sites (tertiary alicyclic amines) is 1. The Kier molecular flexibility index (Phi) is 5.26. The first kappa shape index (κ1) is 14.0. The molecule has 2 heteroatoms. The van der Waals surface area contributed by atoms with E-state index in [1.54, 1.807) is 0 Å². The zero-order chi connectivity index (χ0) is 12.2. The van der Waals surface area contributed by atoms with Crippen LogP contribution in [0, 0.1) is 5.41 Å². The molecule has 1 fully saturated rings. The fourth-order valence-corrected chi connectivity index (χ4v) is 3.02. The molecule has 0 aliphatic carbocycles. The summed E-state index contributed by atoms with van der Waals surface area (Å²) in [5.41, 5.74) is 0.414. The van der Waals surface area contributed by atoms with E-state index in [-0.39, 0.29) is 0 Å². The molecule has 0 bridgehead atoms. The van der Waals surface area contributed by atoms with Gasteiger partial charge in [-0.05, 0) is 44.3 Å². The summed E-state index contributed by atoms with van der Waals surface area (Å²) in [7, 11) is 0. The topological polar surface area (TPSA) is 15.3 Å². The quantitative estimate of drug-likeness (QED) is 0.796. The molecular weight excluding hydrogens is 196 g/mol. The van der Waals surface area contributed by atoms with Crippen LogP contribution in [0.2, 0.25) is 0 Å². The minimum Gasteiger partial charge on any atom is -0.314 e. The smallest absolute Gasteiger partial charge is 0.0144 e. The Labute approximate surface area is 102 Å². The Balaban J connectivity index is 2.63. The van der Waals surface area contributed by atoms with E-state index in [4.69, 9.17) is 0 Å². The van der Waals surface area contributed by atoms with Crippen molar-refractivity contribution in [3.05, 3.63) is 0 Å². The predicted octanol–water partition coefficient (Wildman–Crippen LogP) is 2.89. The highest BCUT2D eigenvalue weighted by Crippen LogP contribution is 2.31. The van der Waals surface area contributed by atoms with Crippen LogP contribution in [0.15, 0.2) is 0 Å². The molecule has 1 N–H and O–H groups in total. The normalized spacial score (nSPS) is 29.1. The van der Waals surface area contributed by atoms with Crippen molar-refractivity contribution in [2.24, 2.45) is 5.41 Å². The number of nitrogens with zero attached hydrogens (tertiary/aromatic N) is 1. The Hall–Kier alpha value is -0.0800. The van der Waals surface area contributed by atoms with E-state index in [0.717, 1.165) is 18.6 Å². The lowest BCUT2D eigenvalue weighted by Crippen LogP contribution is -2.43. The molecule has 1 rings (SSSR count). The van der Waals surface area contributed by atoms with Crippen molar-refractivity contribution in [2.75, 3.05) is 19.6 Å². The zero-order valence-electron chi connectivity index (χ0n) is 11.8. The van der Waals surface area contributed by atoms with E-state index in [9.17, 15) is 0 Å². The fourth-order valence-electron chi connectivity index (χ4n) is 3.02. The van der Waals surface area contributed by atoms with Crippen molar-refractivity contribution < 1.29 is 0 Å². The van der Waals surface area contributed by atoms with Gasteiger partial charge in [-0.2, -0.15) is 0 Å². The van der Waals surface area contributed by atoms with E-state index in [0.29, 0.717) is 5.41 Å². The minimum atomic E-state index is 0.414. The first-order valence-corrected chi connectivity index (χ1v) is 6.96. The monoisotopic (exact) mass is 226 g/mol. The van der Waals surface area contributed by atoms with E-state index in [1.807, 2.05) is 0 Å². The molecule has 2 nitrogen and oxygen atoms in total. The van der Waals surface area contributed by atoms with Crippen molar-refractivity contribution in [3.63, 3.8) is 0 Å². The number of hydrogen-bond acceptors (Lipinski definition) is 2. The molecule has 1 aliphatic heterocycles. The lowest BCUT2D eigenvalue weighted by molar-refractivity contribution is 0.106. The summed E-state index contributed by atoms with van der Waals surface area (Å²) >= 11 is 0. The van der Waals surface area contributed by atoms with Gasteiger partial charge in [0.05, 0.1) is 0 Å². The zero-order valence-corrected chi connectivity index (χ0v) is 11.8. The number of nitrogens with one attached hydrogen (secondary N) is 1. The third-order valence-corrected chi connectivity index (χ3v) is 3.89. The van der Waals surface area contributed by atoms with Gasteiger partial charge < -0.3 is 10.2 Å². The van der Waals surface area contributed by atoms with Gasteiger partial charge in [-0.3, -0.25) is 0 Å². The molecule has 1 saturated heterocycles. The molecule has 1 heterocycles. The molecule has 16 heavy (non-hydrogen) atoms. The molecule has 2 atom stereocenters. The van der Waals surface area contributed by atoms with E-state index in [2.05, 4.69) is 44.8 Å². The molecule has 1 unspecified atom stereocenters. The van der Waals surface area contributed by atoms with Crippen LogP contribution in [0.3, 0.4) is 0 Å². The lowest BCUT2D eigenvalue weighted by atomic mass is 9.83. The molecule has 0 aromatic heterocycles. The van der Waals surface area contributed by atoms with Gasteiger partial charge in [0, 0.05) is 12.1 Å². The number of rotatable bonds is 3. The summed E-state index contributed by atoms with van der Waals surface area (Å²) in [6, 6.07) is 1.49. The second kappa shape index (κ2) is 6.02. The summed E-state index contributed by atoms with van der Waals surface area (Å²) in [5, 5.41) is 3.61. The molecular formula is C14H30N2. The fraction of sp³-hybridized carbons (Fsp3) is 1.00. The molecule has 0 aromatic carbocycles. The van der Waals surface area contributed by atoms with Crippen LogP contribution >= 0.6 is 0 Å². The van der Waals surface area contributed by atoms with Crippen molar-refractivity contribution in [2.45, 2.75) is 66.0 Å². The maximum atomic E-state index is 3.61. The standard InChI is InChI=1S/C14H30N2/c1-6-15-12-8-9-13(14(3,4)5)16(7-2)11-10-12/h12-13,15H,6-11H2,1-5H3/t12?,13-/m1/s1. The maximum absolute atomic E-state index is 3.61. The van der Waals surface area contributed by atoms with E-state index in [1.165, 1.54) is 32.4 Å². The molecule has 0 amide bonds. The third-order valence-electron chi connectivity index (χ3n) is 3.89. The van der Waals surface area contributed by atoms with E-state index < -0.39 is 0 Å². The number of hydrogen-bond donors (Lipinski definition) is 1. The largest absolute Gasteiger partial charge is 0.314 e. The second-order valence-corrected chi connectivity index (χ2v) is 6.13. The van der Waals surface area contributed by atoms with Crippen LogP contribution in [-0.4, -0.2) is 36.6 Å². The average Bonchev–Trinajstić information content (AvgIpc) is 2.40. The summed E-state index contributed by atoms with van der Waals surface area (Å²) in [6.07, 6.45) is 4.00. The highest BCUT2D eigenvalue weighted by atomic mass is 15.2. The van der Waals surface area contributed by atoms with Crippen LogP contribution in [0.25, 0.3) is 0 Å². The van der Waals surface area contributed by atoms with Crippen molar-refractivity contribution in [3.8, 4) is 0 Å². The first-order chi connectivity index (χ1) is 7.49. The van der Waals surface area contributed by atoms with Crippen LogP contribution in [0.5, 0.6) is 0 Å². The van der Waals surface area contributed by atoms with Gasteiger partial charge in [-0.25, -0.2) is 0 Å². The van der Waals surface area contributed by atoms with Crippen molar-refractivity contribution in [1.29, 1.82) is 0 Å². The minimum absolute atomic E-state index is 0.414. The Morgan fingerprint density at radius 3 is 2.31 bits per heavy atom. The van der Waals surface area contributed by atoms with Gasteiger partial charge in [0.2, 0.25) is 0 Å². The van der Waals surface area contributed by atoms with Crippen molar-refractivity contribution in [1.82, 2.24) is 10.2 Å². The molecule has 0 aromatic rings. The van der Waals surface area contributed by atoms with Gasteiger partial charge in [0.1, 0.15) is 0 Å². The summed E-state index contributed by atoms with van der Waals surface area (Å²) in [6.45, 7) is 15.2. The van der Waals surface area contributed by atoms with Crippen LogP contribution in [0.1, 0.15) is 53.9 Å². The Bertz CT molecular complexity index is 195. The Morgan fingerprint density at radius 1 is 1.12 bits per heavy atom. The van der Waals surface area contributed by atoms with Gasteiger partial charge in [-0.15, -0.1) is 0 Å². The first-order valence-electron chi connectivity index (χ1n) is 6.96. The SMILES string of the molecule is CCNC1CC[C@H](C(C)(C)C)N(CC)CC1. The van der Waals surface area contributed by atoms with Gasteiger partial charge in [0.25, 0.3) is 0 Å². The average molecular weight is 226 g/mol.